The first-order chi connectivity index (χ1) is 7.39. The number of ether oxygens (including phenoxy) is 1. The third-order valence-corrected chi connectivity index (χ3v) is 2.65. The van der Waals surface area contributed by atoms with Gasteiger partial charge in [-0.3, -0.25) is 0 Å². The largest absolute Gasteiger partial charge is 0.508 e. The number of hydrogen-bond donors (Lipinski definition) is 2. The van der Waals surface area contributed by atoms with E-state index in [2.05, 4.69) is 15.9 Å². The number of carbonyl (C=O) groups is 1. The van der Waals surface area contributed by atoms with Gasteiger partial charge in [0.25, 0.3) is 0 Å². The molecule has 0 fully saturated rings. The van der Waals surface area contributed by atoms with E-state index in [9.17, 15) is 15.0 Å². The van der Waals surface area contributed by atoms with Gasteiger partial charge in [0.1, 0.15) is 5.75 Å². The number of aliphatic hydroxyl groups is 1. The third-order valence-electron chi connectivity index (χ3n) is 2.16. The van der Waals surface area contributed by atoms with E-state index in [1.165, 1.54) is 19.1 Å². The highest BCUT2D eigenvalue weighted by Crippen LogP contribution is 2.32. The molecule has 0 bridgehead atoms. The summed E-state index contributed by atoms with van der Waals surface area (Å²) < 4.78 is 5.40. The molecule has 2 N–H and O–H groups in total. The number of aromatic hydroxyl groups is 1. The highest BCUT2D eigenvalue weighted by atomic mass is 79.9. The molecule has 0 aromatic heterocycles. The number of rotatable bonds is 3. The molecule has 5 heteroatoms. The normalized spacial score (nSPS) is 14.2. The SMILES string of the molecule is CCOC(=O)C(C)(O)c1ccc(Br)cc1O. The van der Waals surface area contributed by atoms with E-state index < -0.39 is 11.6 Å². The number of carbonyl (C=O) groups excluding carboxylic acids is 1. The first-order valence-electron chi connectivity index (χ1n) is 4.78. The van der Waals surface area contributed by atoms with Crippen LogP contribution in [0.2, 0.25) is 0 Å². The fourth-order valence-corrected chi connectivity index (χ4v) is 1.65. The van der Waals surface area contributed by atoms with Gasteiger partial charge < -0.3 is 14.9 Å². The second kappa shape index (κ2) is 4.84. The fourth-order valence-electron chi connectivity index (χ4n) is 1.30. The van der Waals surface area contributed by atoms with Crippen LogP contribution in [-0.2, 0) is 15.1 Å². The average molecular weight is 289 g/mol. The molecule has 1 rings (SSSR count). The highest BCUT2D eigenvalue weighted by molar-refractivity contribution is 9.10. The van der Waals surface area contributed by atoms with Gasteiger partial charge in [-0.2, -0.15) is 0 Å². The Morgan fingerprint density at radius 2 is 2.19 bits per heavy atom. The van der Waals surface area contributed by atoms with Crippen LogP contribution in [0.1, 0.15) is 19.4 Å². The van der Waals surface area contributed by atoms with Crippen molar-refractivity contribution in [3.8, 4) is 5.75 Å². The molecule has 0 spiro atoms. The predicted molar refractivity (Wildman–Crippen MR) is 62.0 cm³/mol. The van der Waals surface area contributed by atoms with E-state index in [0.29, 0.717) is 4.47 Å². The van der Waals surface area contributed by atoms with E-state index in [1.807, 2.05) is 0 Å². The molecule has 1 aromatic rings. The number of benzene rings is 1. The Bertz CT molecular complexity index is 401. The van der Waals surface area contributed by atoms with Crippen molar-refractivity contribution >= 4 is 21.9 Å². The lowest BCUT2D eigenvalue weighted by Gasteiger charge is -2.22. The molecular formula is C11H13BrO4. The number of halogens is 1. The maximum atomic E-state index is 11.5. The molecule has 0 aliphatic carbocycles. The Morgan fingerprint density at radius 3 is 2.69 bits per heavy atom. The lowest BCUT2D eigenvalue weighted by molar-refractivity contribution is -0.164. The molecular weight excluding hydrogens is 276 g/mol. The molecule has 16 heavy (non-hydrogen) atoms. The summed E-state index contributed by atoms with van der Waals surface area (Å²) >= 11 is 3.17. The highest BCUT2D eigenvalue weighted by Gasteiger charge is 2.36. The smallest absolute Gasteiger partial charge is 0.342 e. The second-order valence-electron chi connectivity index (χ2n) is 3.45. The van der Waals surface area contributed by atoms with Gasteiger partial charge in [0.15, 0.2) is 5.60 Å². The summed E-state index contributed by atoms with van der Waals surface area (Å²) in [6.45, 7) is 3.11. The lowest BCUT2D eigenvalue weighted by Crippen LogP contribution is -2.34. The number of phenols is 1. The summed E-state index contributed by atoms with van der Waals surface area (Å²) in [5, 5.41) is 19.7. The van der Waals surface area contributed by atoms with Crippen LogP contribution in [-0.4, -0.2) is 22.8 Å². The van der Waals surface area contributed by atoms with Crippen LogP contribution in [0.5, 0.6) is 5.75 Å². The second-order valence-corrected chi connectivity index (χ2v) is 4.37. The Morgan fingerprint density at radius 1 is 1.56 bits per heavy atom. The number of phenolic OH excluding ortho intramolecular Hbond substituents is 1. The van der Waals surface area contributed by atoms with Gasteiger partial charge in [-0.25, -0.2) is 4.79 Å². The predicted octanol–water partition coefficient (Wildman–Crippen LogP) is 1.93. The maximum Gasteiger partial charge on any atom is 0.342 e. The van der Waals surface area contributed by atoms with Crippen LogP contribution >= 0.6 is 15.9 Å². The minimum Gasteiger partial charge on any atom is -0.508 e. The molecule has 0 amide bonds. The minimum atomic E-state index is -1.85. The molecule has 1 atom stereocenters. The molecule has 0 aliphatic rings. The summed E-state index contributed by atoms with van der Waals surface area (Å²) in [4.78, 5) is 11.5. The summed E-state index contributed by atoms with van der Waals surface area (Å²) in [7, 11) is 0. The lowest BCUT2D eigenvalue weighted by atomic mass is 9.95. The molecule has 1 aromatic carbocycles. The Labute approximate surface area is 102 Å². The van der Waals surface area contributed by atoms with Gasteiger partial charge in [0.2, 0.25) is 0 Å². The van der Waals surface area contributed by atoms with Crippen LogP contribution in [0.3, 0.4) is 0 Å². The van der Waals surface area contributed by atoms with Gasteiger partial charge in [-0.05, 0) is 26.0 Å². The van der Waals surface area contributed by atoms with E-state index in [1.54, 1.807) is 13.0 Å². The monoisotopic (exact) mass is 288 g/mol. The van der Waals surface area contributed by atoms with Crippen molar-refractivity contribution in [3.05, 3.63) is 28.2 Å². The zero-order chi connectivity index (χ0) is 12.3. The van der Waals surface area contributed by atoms with Crippen LogP contribution in [0.25, 0.3) is 0 Å². The summed E-state index contributed by atoms with van der Waals surface area (Å²) in [5.74, 6) is -0.944. The van der Waals surface area contributed by atoms with Gasteiger partial charge >= 0.3 is 5.97 Å². The van der Waals surface area contributed by atoms with Crippen LogP contribution in [0.15, 0.2) is 22.7 Å². The Kier molecular flexibility index (Phi) is 3.93. The first kappa shape index (κ1) is 13.0. The van der Waals surface area contributed by atoms with Gasteiger partial charge in [0.05, 0.1) is 6.61 Å². The van der Waals surface area contributed by atoms with Crippen molar-refractivity contribution in [3.63, 3.8) is 0 Å². The standard InChI is InChI=1S/C11H13BrO4/c1-3-16-10(14)11(2,15)8-5-4-7(12)6-9(8)13/h4-6,13,15H,3H2,1-2H3. The third kappa shape index (κ3) is 2.54. The molecule has 0 saturated heterocycles. The van der Waals surface area contributed by atoms with Crippen LogP contribution in [0, 0.1) is 0 Å². The first-order valence-corrected chi connectivity index (χ1v) is 5.57. The van der Waals surface area contributed by atoms with Crippen molar-refractivity contribution < 1.29 is 19.7 Å². The average Bonchev–Trinajstić information content (AvgIpc) is 2.17. The van der Waals surface area contributed by atoms with Crippen molar-refractivity contribution in [2.24, 2.45) is 0 Å². The van der Waals surface area contributed by atoms with Gasteiger partial charge in [-0.1, -0.05) is 22.0 Å². The zero-order valence-electron chi connectivity index (χ0n) is 9.03. The van der Waals surface area contributed by atoms with Crippen LogP contribution < -0.4 is 0 Å². The number of esters is 1. The topological polar surface area (TPSA) is 66.8 Å². The van der Waals surface area contributed by atoms with Gasteiger partial charge in [0, 0.05) is 10.0 Å². The van der Waals surface area contributed by atoms with Crippen molar-refractivity contribution in [1.29, 1.82) is 0 Å². The molecule has 0 saturated carbocycles. The van der Waals surface area contributed by atoms with Gasteiger partial charge in [-0.15, -0.1) is 0 Å². The maximum absolute atomic E-state index is 11.5. The zero-order valence-corrected chi connectivity index (χ0v) is 10.6. The van der Waals surface area contributed by atoms with Crippen molar-refractivity contribution in [2.75, 3.05) is 6.61 Å². The van der Waals surface area contributed by atoms with E-state index in [0.717, 1.165) is 0 Å². The quantitative estimate of drug-likeness (QED) is 0.834. The summed E-state index contributed by atoms with van der Waals surface area (Å²) in [6.07, 6.45) is 0. The molecule has 1 unspecified atom stereocenters. The van der Waals surface area contributed by atoms with Crippen LogP contribution in [0.4, 0.5) is 0 Å². The van der Waals surface area contributed by atoms with E-state index >= 15 is 0 Å². The van der Waals surface area contributed by atoms with Crippen molar-refractivity contribution in [1.82, 2.24) is 0 Å². The molecule has 4 nitrogen and oxygen atoms in total. The van der Waals surface area contributed by atoms with E-state index in [-0.39, 0.29) is 17.9 Å². The summed E-state index contributed by atoms with van der Waals surface area (Å²) in [6, 6.07) is 4.50. The van der Waals surface area contributed by atoms with E-state index in [4.69, 9.17) is 4.74 Å². The molecule has 0 radical (unpaired) electrons. The summed E-state index contributed by atoms with van der Waals surface area (Å²) in [5.41, 5.74) is -1.73. The van der Waals surface area contributed by atoms with Crippen molar-refractivity contribution in [2.45, 2.75) is 19.4 Å². The number of hydrogen-bond acceptors (Lipinski definition) is 4. The molecule has 88 valence electrons. The fraction of sp³-hybridized carbons (Fsp3) is 0.364. The molecule has 0 heterocycles. The minimum absolute atomic E-state index is 0.120. The Hall–Kier alpha value is -1.07. The Balaban J connectivity index is 3.11. The molecule has 0 aliphatic heterocycles.